The number of benzene rings is 1. The summed E-state index contributed by atoms with van der Waals surface area (Å²) >= 11 is 0. The highest BCUT2D eigenvalue weighted by atomic mass is 16.5. The normalized spacial score (nSPS) is 10.4. The van der Waals surface area contributed by atoms with Gasteiger partial charge in [0, 0.05) is 12.6 Å². The van der Waals surface area contributed by atoms with Crippen LogP contribution in [0.1, 0.15) is 5.69 Å². The third kappa shape index (κ3) is 1.62. The first-order chi connectivity index (χ1) is 7.63. The lowest BCUT2D eigenvalue weighted by molar-refractivity contribution is 0.415. The first-order valence-corrected chi connectivity index (χ1v) is 5.00. The summed E-state index contributed by atoms with van der Waals surface area (Å²) in [6, 6.07) is 7.47. The Labute approximate surface area is 94.1 Å². The number of aromatic hydroxyl groups is 1. The second kappa shape index (κ2) is 3.89. The van der Waals surface area contributed by atoms with Crippen LogP contribution in [-0.4, -0.2) is 22.0 Å². The van der Waals surface area contributed by atoms with Gasteiger partial charge in [-0.3, -0.25) is 4.68 Å². The van der Waals surface area contributed by atoms with Crippen molar-refractivity contribution in [1.82, 2.24) is 9.78 Å². The highest BCUT2D eigenvalue weighted by molar-refractivity contribution is 5.68. The maximum atomic E-state index is 9.91. The van der Waals surface area contributed by atoms with Crippen molar-refractivity contribution in [3.63, 3.8) is 0 Å². The molecule has 16 heavy (non-hydrogen) atoms. The standard InChI is InChI=1S/C12H14N2O2/c1-8-12(15)11(13-14(8)2)9-5-4-6-10(7-9)16-3/h4-7,15H,1-3H3. The summed E-state index contributed by atoms with van der Waals surface area (Å²) in [6.07, 6.45) is 0. The Morgan fingerprint density at radius 2 is 2.12 bits per heavy atom. The van der Waals surface area contributed by atoms with Crippen LogP contribution < -0.4 is 4.74 Å². The third-order valence-corrected chi connectivity index (χ3v) is 2.65. The summed E-state index contributed by atoms with van der Waals surface area (Å²) in [7, 11) is 3.42. The van der Waals surface area contributed by atoms with E-state index in [2.05, 4.69) is 5.10 Å². The fourth-order valence-corrected chi connectivity index (χ4v) is 1.56. The predicted molar refractivity (Wildman–Crippen MR) is 61.6 cm³/mol. The minimum atomic E-state index is 0.218. The number of methoxy groups -OCH3 is 1. The van der Waals surface area contributed by atoms with Crippen LogP contribution in [0, 0.1) is 6.92 Å². The molecule has 0 bridgehead atoms. The Morgan fingerprint density at radius 3 is 2.69 bits per heavy atom. The van der Waals surface area contributed by atoms with E-state index >= 15 is 0 Å². The Balaban J connectivity index is 2.54. The second-order valence-corrected chi connectivity index (χ2v) is 3.64. The molecular formula is C12H14N2O2. The van der Waals surface area contributed by atoms with Crippen molar-refractivity contribution in [3.05, 3.63) is 30.0 Å². The molecule has 0 aliphatic heterocycles. The molecule has 0 amide bonds. The molecule has 2 rings (SSSR count). The predicted octanol–water partition coefficient (Wildman–Crippen LogP) is 2.11. The highest BCUT2D eigenvalue weighted by Gasteiger charge is 2.13. The largest absolute Gasteiger partial charge is 0.504 e. The van der Waals surface area contributed by atoms with E-state index in [1.807, 2.05) is 31.2 Å². The van der Waals surface area contributed by atoms with Crippen molar-refractivity contribution >= 4 is 0 Å². The van der Waals surface area contributed by atoms with Crippen LogP contribution in [0.4, 0.5) is 0 Å². The molecule has 0 atom stereocenters. The average Bonchev–Trinajstić information content (AvgIpc) is 2.57. The SMILES string of the molecule is COc1cccc(-c2nn(C)c(C)c2O)c1. The Bertz CT molecular complexity index is 518. The van der Waals surface area contributed by atoms with Crippen LogP contribution >= 0.6 is 0 Å². The van der Waals surface area contributed by atoms with Crippen LogP contribution in [-0.2, 0) is 7.05 Å². The van der Waals surface area contributed by atoms with E-state index < -0.39 is 0 Å². The minimum Gasteiger partial charge on any atom is -0.504 e. The number of nitrogens with zero attached hydrogens (tertiary/aromatic N) is 2. The summed E-state index contributed by atoms with van der Waals surface area (Å²) in [5.74, 6) is 0.968. The summed E-state index contributed by atoms with van der Waals surface area (Å²) < 4.78 is 6.79. The van der Waals surface area contributed by atoms with Gasteiger partial charge in [-0.15, -0.1) is 0 Å². The van der Waals surface area contributed by atoms with Crippen LogP contribution in [0.15, 0.2) is 24.3 Å². The van der Waals surface area contributed by atoms with Crippen molar-refractivity contribution < 1.29 is 9.84 Å². The summed E-state index contributed by atoms with van der Waals surface area (Å²) in [5.41, 5.74) is 2.18. The lowest BCUT2D eigenvalue weighted by Gasteiger charge is -2.02. The van der Waals surface area contributed by atoms with E-state index in [0.717, 1.165) is 17.0 Å². The van der Waals surface area contributed by atoms with Crippen LogP contribution in [0.2, 0.25) is 0 Å². The van der Waals surface area contributed by atoms with Gasteiger partial charge in [-0.25, -0.2) is 0 Å². The monoisotopic (exact) mass is 218 g/mol. The van der Waals surface area contributed by atoms with Gasteiger partial charge in [-0.1, -0.05) is 12.1 Å². The molecule has 0 spiro atoms. The zero-order valence-electron chi connectivity index (χ0n) is 9.56. The molecule has 0 aliphatic carbocycles. The van der Waals surface area contributed by atoms with Crippen molar-refractivity contribution in [2.24, 2.45) is 7.05 Å². The van der Waals surface area contributed by atoms with E-state index in [9.17, 15) is 5.11 Å². The zero-order valence-corrected chi connectivity index (χ0v) is 9.56. The molecule has 2 aromatic rings. The molecule has 1 aromatic heterocycles. The molecule has 0 fully saturated rings. The number of hydrogen-bond donors (Lipinski definition) is 1. The fraction of sp³-hybridized carbons (Fsp3) is 0.250. The first kappa shape index (κ1) is 10.5. The third-order valence-electron chi connectivity index (χ3n) is 2.65. The molecule has 84 valence electrons. The van der Waals surface area contributed by atoms with Crippen molar-refractivity contribution in [2.75, 3.05) is 7.11 Å². The number of aromatic nitrogens is 2. The minimum absolute atomic E-state index is 0.218. The van der Waals surface area contributed by atoms with Gasteiger partial charge >= 0.3 is 0 Å². The lowest BCUT2D eigenvalue weighted by atomic mass is 10.1. The molecule has 0 unspecified atom stereocenters. The van der Waals surface area contributed by atoms with Gasteiger partial charge < -0.3 is 9.84 Å². The molecule has 1 aromatic carbocycles. The average molecular weight is 218 g/mol. The smallest absolute Gasteiger partial charge is 0.164 e. The van der Waals surface area contributed by atoms with Gasteiger partial charge in [0.25, 0.3) is 0 Å². The Morgan fingerprint density at radius 1 is 1.38 bits per heavy atom. The zero-order chi connectivity index (χ0) is 11.7. The summed E-state index contributed by atoms with van der Waals surface area (Å²) in [4.78, 5) is 0. The van der Waals surface area contributed by atoms with Crippen molar-refractivity contribution in [1.29, 1.82) is 0 Å². The number of ether oxygens (including phenoxy) is 1. The van der Waals surface area contributed by atoms with E-state index in [-0.39, 0.29) is 5.75 Å². The molecule has 4 nitrogen and oxygen atoms in total. The van der Waals surface area contributed by atoms with Crippen molar-refractivity contribution in [2.45, 2.75) is 6.92 Å². The van der Waals surface area contributed by atoms with Gasteiger partial charge in [-0.2, -0.15) is 5.10 Å². The molecule has 0 radical (unpaired) electrons. The molecule has 4 heteroatoms. The molecule has 1 heterocycles. The van der Waals surface area contributed by atoms with Crippen LogP contribution in [0.3, 0.4) is 0 Å². The van der Waals surface area contributed by atoms with Gasteiger partial charge in [0.05, 0.1) is 12.8 Å². The quantitative estimate of drug-likeness (QED) is 0.839. The van der Waals surface area contributed by atoms with E-state index in [1.165, 1.54) is 0 Å². The van der Waals surface area contributed by atoms with Crippen LogP contribution in [0.5, 0.6) is 11.5 Å². The molecule has 1 N–H and O–H groups in total. The number of aryl methyl sites for hydroxylation is 1. The molecule has 0 aliphatic rings. The van der Waals surface area contributed by atoms with E-state index in [4.69, 9.17) is 4.74 Å². The summed E-state index contributed by atoms with van der Waals surface area (Å²) in [6.45, 7) is 1.83. The maximum Gasteiger partial charge on any atom is 0.164 e. The van der Waals surface area contributed by atoms with Gasteiger partial charge in [0.2, 0.25) is 0 Å². The second-order valence-electron chi connectivity index (χ2n) is 3.64. The van der Waals surface area contributed by atoms with E-state index in [0.29, 0.717) is 5.69 Å². The number of rotatable bonds is 2. The fourth-order valence-electron chi connectivity index (χ4n) is 1.56. The van der Waals surface area contributed by atoms with Crippen LogP contribution in [0.25, 0.3) is 11.3 Å². The van der Waals surface area contributed by atoms with E-state index in [1.54, 1.807) is 18.8 Å². The Kier molecular flexibility index (Phi) is 2.56. The van der Waals surface area contributed by atoms with Gasteiger partial charge in [0.1, 0.15) is 11.4 Å². The van der Waals surface area contributed by atoms with Gasteiger partial charge in [0.15, 0.2) is 5.75 Å². The molecular weight excluding hydrogens is 204 g/mol. The number of hydrogen-bond acceptors (Lipinski definition) is 3. The summed E-state index contributed by atoms with van der Waals surface area (Å²) in [5, 5.41) is 14.2. The van der Waals surface area contributed by atoms with Crippen molar-refractivity contribution in [3.8, 4) is 22.8 Å². The maximum absolute atomic E-state index is 9.91. The topological polar surface area (TPSA) is 47.3 Å². The van der Waals surface area contributed by atoms with Gasteiger partial charge in [-0.05, 0) is 19.1 Å². The molecule has 0 saturated heterocycles. The molecule has 0 saturated carbocycles. The highest BCUT2D eigenvalue weighted by Crippen LogP contribution is 2.32. The first-order valence-electron chi connectivity index (χ1n) is 5.00. The Hall–Kier alpha value is -1.97. The lowest BCUT2D eigenvalue weighted by Crippen LogP contribution is -1.92.